The van der Waals surface area contributed by atoms with Crippen LogP contribution in [0.15, 0.2) is 6.07 Å². The van der Waals surface area contributed by atoms with E-state index in [0.717, 1.165) is 0 Å². The number of amides is 2. The van der Waals surface area contributed by atoms with Crippen molar-refractivity contribution in [2.45, 2.75) is 24.4 Å². The van der Waals surface area contributed by atoms with Crippen LogP contribution in [0.5, 0.6) is 0 Å². The Labute approximate surface area is 198 Å². The zero-order chi connectivity index (χ0) is 27.4. The van der Waals surface area contributed by atoms with Gasteiger partial charge in [0.15, 0.2) is 0 Å². The van der Waals surface area contributed by atoms with Gasteiger partial charge in [-0.15, -0.1) is 0 Å². The number of primary amides is 2. The monoisotopic (exact) mass is 552 g/mol. The summed E-state index contributed by atoms with van der Waals surface area (Å²) < 4.78 is 93.5. The third-order valence-corrected chi connectivity index (χ3v) is 5.43. The number of carboxylic acid groups (broad SMARTS) is 2. The lowest BCUT2D eigenvalue weighted by Crippen LogP contribution is -2.53. The molecule has 190 valence electrons. The van der Waals surface area contributed by atoms with Gasteiger partial charge in [0.2, 0.25) is 5.91 Å². The number of nitrogens with two attached hydrogens (primary N) is 2. The van der Waals surface area contributed by atoms with E-state index in [1.54, 1.807) is 0 Å². The van der Waals surface area contributed by atoms with Crippen LogP contribution in [-0.4, -0.2) is 52.0 Å². The molecule has 0 saturated heterocycles. The minimum atomic E-state index is -6.80. The molecule has 6 N–H and O–H groups in total. The molecule has 0 aliphatic carbocycles. The number of hydrogen-bond acceptors (Lipinski definition) is 4. The van der Waals surface area contributed by atoms with Crippen molar-refractivity contribution in [3.8, 4) is 0 Å². The van der Waals surface area contributed by atoms with E-state index in [-0.39, 0.29) is 0 Å². The number of fused-ring (bicyclic) bond motifs is 1. The number of carbonyl (C=O) groups is 4. The van der Waals surface area contributed by atoms with Crippen molar-refractivity contribution in [3.05, 3.63) is 43.9 Å². The lowest BCUT2D eigenvalue weighted by Gasteiger charge is -2.29. The fourth-order valence-electron chi connectivity index (χ4n) is 3.27. The van der Waals surface area contributed by atoms with Gasteiger partial charge in [-0.3, -0.25) is 9.59 Å². The van der Waals surface area contributed by atoms with E-state index >= 15 is 0 Å². The molecule has 0 aliphatic heterocycles. The predicted octanol–water partition coefficient (Wildman–Crippen LogP) is 4.12. The maximum atomic E-state index is 14.3. The molecule has 0 heterocycles. The maximum Gasteiger partial charge on any atom is 0.459 e. The van der Waals surface area contributed by atoms with E-state index in [4.69, 9.17) is 34.7 Å². The molecule has 0 bridgehead atoms. The Kier molecular flexibility index (Phi) is 6.95. The van der Waals surface area contributed by atoms with E-state index in [2.05, 4.69) is 0 Å². The molecule has 0 spiro atoms. The third kappa shape index (κ3) is 4.40. The molecule has 2 rings (SSSR count). The molecule has 2 aromatic carbocycles. The second-order valence-electron chi connectivity index (χ2n) is 6.87. The van der Waals surface area contributed by atoms with Crippen molar-refractivity contribution >= 4 is 57.7 Å². The predicted molar refractivity (Wildman–Crippen MR) is 105 cm³/mol. The van der Waals surface area contributed by atoms with Crippen LogP contribution in [-0.2, 0) is 6.42 Å². The molecule has 0 unspecified atom stereocenters. The Morgan fingerprint density at radius 2 is 1.29 bits per heavy atom. The van der Waals surface area contributed by atoms with E-state index in [1.807, 2.05) is 0 Å². The molecule has 2 aromatic rings. The normalized spacial score (nSPS) is 12.6. The van der Waals surface area contributed by atoms with Crippen LogP contribution < -0.4 is 11.5 Å². The minimum Gasteiger partial charge on any atom is -0.478 e. The highest BCUT2D eigenvalue weighted by Crippen LogP contribution is 2.50. The third-order valence-electron chi connectivity index (χ3n) is 4.72. The number of rotatable bonds is 7. The van der Waals surface area contributed by atoms with E-state index in [1.165, 1.54) is 0 Å². The highest BCUT2D eigenvalue weighted by molar-refractivity contribution is 6.41. The van der Waals surface area contributed by atoms with Gasteiger partial charge >= 0.3 is 30.0 Å². The zero-order valence-corrected chi connectivity index (χ0v) is 17.9. The van der Waals surface area contributed by atoms with Crippen molar-refractivity contribution in [2.24, 2.45) is 11.5 Å². The lowest BCUT2D eigenvalue weighted by molar-refractivity contribution is -0.354. The summed E-state index contributed by atoms with van der Waals surface area (Å²) in [4.78, 5) is 47.7. The smallest absolute Gasteiger partial charge is 0.459 e. The van der Waals surface area contributed by atoms with Gasteiger partial charge in [-0.2, -0.15) is 30.7 Å². The summed E-state index contributed by atoms with van der Waals surface area (Å²) in [5.74, 6) is -20.4. The van der Waals surface area contributed by atoms with Gasteiger partial charge in [0, 0.05) is 17.2 Å². The molecule has 2 amide bonds. The summed E-state index contributed by atoms with van der Waals surface area (Å²) >= 11 is 11.6. The fourth-order valence-corrected chi connectivity index (χ4v) is 3.90. The number of aromatic carboxylic acids is 2. The zero-order valence-electron chi connectivity index (χ0n) is 16.4. The molecule has 0 aromatic heterocycles. The van der Waals surface area contributed by atoms with Gasteiger partial charge in [-0.05, 0) is 11.6 Å². The Morgan fingerprint density at radius 3 is 1.66 bits per heavy atom. The van der Waals surface area contributed by atoms with Crippen LogP contribution in [0.3, 0.4) is 0 Å². The van der Waals surface area contributed by atoms with Crippen LogP contribution in [0.25, 0.3) is 10.8 Å². The van der Waals surface area contributed by atoms with Crippen molar-refractivity contribution in [1.29, 1.82) is 0 Å². The summed E-state index contributed by atoms with van der Waals surface area (Å²) in [6.07, 6.45) is -9.51. The molecule has 0 atom stereocenters. The van der Waals surface area contributed by atoms with Crippen LogP contribution in [0.2, 0.25) is 10.0 Å². The molecule has 17 heteroatoms. The summed E-state index contributed by atoms with van der Waals surface area (Å²) in [5.41, 5.74) is 3.51. The topological polar surface area (TPSA) is 161 Å². The molecule has 0 fully saturated rings. The fraction of sp³-hybridized carbons (Fsp3) is 0.222. The number of hydrogen-bond donors (Lipinski definition) is 4. The average molecular weight is 553 g/mol. The molecule has 35 heavy (non-hydrogen) atoms. The van der Waals surface area contributed by atoms with Gasteiger partial charge in [-0.25, -0.2) is 9.59 Å². The van der Waals surface area contributed by atoms with Crippen molar-refractivity contribution in [3.63, 3.8) is 0 Å². The van der Waals surface area contributed by atoms with Gasteiger partial charge in [0.05, 0.1) is 32.3 Å². The maximum absolute atomic E-state index is 14.3. The van der Waals surface area contributed by atoms with Crippen LogP contribution >= 0.6 is 23.2 Å². The first-order valence-corrected chi connectivity index (χ1v) is 9.33. The van der Waals surface area contributed by atoms with Crippen LogP contribution in [0, 0.1) is 0 Å². The van der Waals surface area contributed by atoms with Crippen molar-refractivity contribution < 1.29 is 60.1 Å². The van der Waals surface area contributed by atoms with Gasteiger partial charge in [-0.1, -0.05) is 23.2 Å². The first-order chi connectivity index (χ1) is 15.7. The SMILES string of the molecule is NC(=O)c1c(Cl)c(CC(F)(F)C(F)(F)C(F)(F)F)c(C(N)=O)c2c(C(=O)O)c(Cl)cc(C(=O)O)c12. The van der Waals surface area contributed by atoms with Crippen molar-refractivity contribution in [1.82, 2.24) is 0 Å². The first kappa shape index (κ1) is 27.9. The van der Waals surface area contributed by atoms with E-state index < -0.39 is 96.8 Å². The number of benzene rings is 2. The summed E-state index contributed by atoms with van der Waals surface area (Å²) in [5, 5.41) is 14.3. The minimum absolute atomic E-state index is 0.468. The Hall–Kier alpha value is -3.33. The average Bonchev–Trinajstić information content (AvgIpc) is 2.65. The van der Waals surface area contributed by atoms with E-state index in [0.29, 0.717) is 6.07 Å². The quantitative estimate of drug-likeness (QED) is 0.378. The number of carbonyl (C=O) groups excluding carboxylic acids is 2. The largest absolute Gasteiger partial charge is 0.478 e. The molecular weight excluding hydrogens is 544 g/mol. The molecule has 0 saturated carbocycles. The Bertz CT molecular complexity index is 1310. The number of carboxylic acids is 2. The first-order valence-electron chi connectivity index (χ1n) is 8.58. The van der Waals surface area contributed by atoms with Gasteiger partial charge in [0.25, 0.3) is 5.91 Å². The summed E-state index contributed by atoms with van der Waals surface area (Å²) in [6, 6.07) is 0.468. The second kappa shape index (κ2) is 8.71. The summed E-state index contributed by atoms with van der Waals surface area (Å²) in [6.45, 7) is 0. The standard InChI is InChI=1S/C18H9Cl2F7N2O6/c19-5-1-3(14(32)33)6-9(8(5)15(34)35)7(12(28)30)4(11(20)10(6)13(29)31)2-16(21,22)17(23,24)18(25,26)27/h1H,2H2,(H2,28,30)(H2,29,31)(H,32,33)(H,34,35). The number of alkyl halides is 7. The van der Waals surface area contributed by atoms with Gasteiger partial charge in [0.1, 0.15) is 0 Å². The molecule has 0 radical (unpaired) electrons. The van der Waals surface area contributed by atoms with Gasteiger partial charge < -0.3 is 21.7 Å². The second-order valence-corrected chi connectivity index (χ2v) is 7.65. The summed E-state index contributed by atoms with van der Waals surface area (Å²) in [7, 11) is 0. The highest BCUT2D eigenvalue weighted by Gasteiger charge is 2.72. The molecule has 0 aliphatic rings. The molecular formula is C18H9Cl2F7N2O6. The Balaban J connectivity index is 3.28. The molecule has 8 nitrogen and oxygen atoms in total. The van der Waals surface area contributed by atoms with Crippen LogP contribution in [0.4, 0.5) is 30.7 Å². The van der Waals surface area contributed by atoms with Crippen LogP contribution in [0.1, 0.15) is 47.0 Å². The lowest BCUT2D eigenvalue weighted by atomic mass is 9.85. The number of halogens is 9. The Morgan fingerprint density at radius 1 is 0.800 bits per heavy atom. The van der Waals surface area contributed by atoms with Crippen molar-refractivity contribution in [2.75, 3.05) is 0 Å². The highest BCUT2D eigenvalue weighted by atomic mass is 35.5. The van der Waals surface area contributed by atoms with E-state index in [9.17, 15) is 60.1 Å².